The Balaban J connectivity index is 0.000000245. The van der Waals surface area contributed by atoms with Gasteiger partial charge in [0.05, 0.1) is 6.61 Å². The van der Waals surface area contributed by atoms with Gasteiger partial charge in [-0.15, -0.1) is 6.42 Å². The van der Waals surface area contributed by atoms with Gasteiger partial charge in [-0.05, 0) is 29.4 Å². The first kappa shape index (κ1) is 24.8. The fraction of sp³-hybridized carbons (Fsp3) is 0.0714. The van der Waals surface area contributed by atoms with Crippen LogP contribution in [0.25, 0.3) is 0 Å². The van der Waals surface area contributed by atoms with Gasteiger partial charge in [0.1, 0.15) is 6.61 Å². The molecule has 0 N–H and O–H groups in total. The summed E-state index contributed by atoms with van der Waals surface area (Å²) in [5, 5.41) is 4.19. The van der Waals surface area contributed by atoms with Gasteiger partial charge < -0.3 is 4.74 Å². The molecule has 0 aliphatic rings. The molecule has 4 aromatic carbocycles. The summed E-state index contributed by atoms with van der Waals surface area (Å²) in [6.45, 7) is 0.986. The van der Waals surface area contributed by atoms with Gasteiger partial charge in [0.25, 0.3) is 0 Å². The van der Waals surface area contributed by atoms with E-state index >= 15 is 0 Å². The third-order valence-corrected chi connectivity index (χ3v) is 6.78. The van der Waals surface area contributed by atoms with Crippen molar-refractivity contribution in [3.05, 3.63) is 127 Å². The van der Waals surface area contributed by atoms with Gasteiger partial charge in [-0.2, -0.15) is 0 Å². The molecule has 158 valence electrons. The van der Waals surface area contributed by atoms with E-state index in [9.17, 15) is 0 Å². The van der Waals surface area contributed by atoms with Crippen molar-refractivity contribution < 1.29 is 27.1 Å². The minimum atomic E-state index is -0.446. The van der Waals surface area contributed by atoms with E-state index in [1.165, 1.54) is 15.9 Å². The molecule has 0 aliphatic heterocycles. The molecule has 3 heteroatoms. The summed E-state index contributed by atoms with van der Waals surface area (Å²) in [5.74, 6) is 2.42. The molecular weight excluding hydrogens is 580 g/mol. The first-order valence-corrected chi connectivity index (χ1v) is 11.2. The number of hydrogen-bond donors (Lipinski definition) is 0. The van der Waals surface area contributed by atoms with Crippen LogP contribution >= 0.6 is 7.92 Å². The minimum absolute atomic E-state index is 0. The standard InChI is InChI=1S/C18H15P.C10H10O.Au/c1-4-10-16(11-5-1)19(17-12-6-2-7-13-17)18-14-8-3-9-15-18;1-2-8-11-9-10-6-4-3-5-7-10;/h1-15H;1,3-7H,8-9H2;/q;;+1. The van der Waals surface area contributed by atoms with Gasteiger partial charge >= 0.3 is 22.4 Å². The normalized spacial score (nSPS) is 9.68. The number of ether oxygens (including phenoxy) is 1. The number of rotatable bonds is 6. The second-order valence-electron chi connectivity index (χ2n) is 6.52. The number of benzene rings is 4. The molecule has 0 heterocycles. The summed E-state index contributed by atoms with van der Waals surface area (Å²) in [6.07, 6.45) is 5.02. The Morgan fingerprint density at radius 1 is 0.581 bits per heavy atom. The summed E-state index contributed by atoms with van der Waals surface area (Å²) in [5.41, 5.74) is 1.16. The Morgan fingerprint density at radius 3 is 1.29 bits per heavy atom. The van der Waals surface area contributed by atoms with Crippen molar-refractivity contribution in [2.45, 2.75) is 6.61 Å². The number of hydrogen-bond acceptors (Lipinski definition) is 1. The fourth-order valence-electron chi connectivity index (χ4n) is 2.98. The molecule has 1 nitrogen and oxygen atoms in total. The van der Waals surface area contributed by atoms with Crippen LogP contribution in [0, 0.1) is 12.3 Å². The predicted molar refractivity (Wildman–Crippen MR) is 130 cm³/mol. The predicted octanol–water partition coefficient (Wildman–Crippen LogP) is 5.28. The van der Waals surface area contributed by atoms with Crippen molar-refractivity contribution in [2.75, 3.05) is 6.61 Å². The van der Waals surface area contributed by atoms with Gasteiger partial charge in [0.2, 0.25) is 0 Å². The van der Waals surface area contributed by atoms with Crippen LogP contribution in [0.4, 0.5) is 0 Å². The summed E-state index contributed by atoms with van der Waals surface area (Å²) >= 11 is 0. The molecular formula is C28H25AuOP+. The van der Waals surface area contributed by atoms with E-state index in [1.807, 2.05) is 30.3 Å². The fourth-order valence-corrected chi connectivity index (χ4v) is 5.29. The first-order valence-electron chi connectivity index (χ1n) is 9.89. The van der Waals surface area contributed by atoms with Crippen LogP contribution in [0.5, 0.6) is 0 Å². The van der Waals surface area contributed by atoms with Gasteiger partial charge in [-0.1, -0.05) is 127 Å². The molecule has 0 amide bonds. The average Bonchev–Trinajstić information content (AvgIpc) is 2.83. The van der Waals surface area contributed by atoms with Crippen molar-refractivity contribution in [2.24, 2.45) is 0 Å². The van der Waals surface area contributed by atoms with Gasteiger partial charge in [0.15, 0.2) is 0 Å². The molecule has 4 rings (SSSR count). The molecule has 0 bridgehead atoms. The quantitative estimate of drug-likeness (QED) is 0.126. The Hall–Kier alpha value is -2.43. The topological polar surface area (TPSA) is 9.23 Å². The largest absolute Gasteiger partial charge is 1.00 e. The summed E-state index contributed by atoms with van der Waals surface area (Å²) in [4.78, 5) is 0. The molecule has 0 saturated heterocycles. The van der Waals surface area contributed by atoms with Crippen molar-refractivity contribution in [1.29, 1.82) is 0 Å². The average molecular weight is 605 g/mol. The van der Waals surface area contributed by atoms with Crippen LogP contribution in [-0.4, -0.2) is 6.61 Å². The Labute approximate surface area is 202 Å². The Morgan fingerprint density at radius 2 is 0.935 bits per heavy atom. The van der Waals surface area contributed by atoms with Crippen LogP contribution in [0.15, 0.2) is 121 Å². The van der Waals surface area contributed by atoms with Crippen LogP contribution in [0.1, 0.15) is 5.56 Å². The monoisotopic (exact) mass is 605 g/mol. The van der Waals surface area contributed by atoms with E-state index in [0.717, 1.165) is 5.56 Å². The van der Waals surface area contributed by atoms with Crippen LogP contribution in [0.3, 0.4) is 0 Å². The summed E-state index contributed by atoms with van der Waals surface area (Å²) < 4.78 is 5.13. The van der Waals surface area contributed by atoms with Gasteiger partial charge in [-0.25, -0.2) is 0 Å². The van der Waals surface area contributed by atoms with Crippen molar-refractivity contribution in [3.8, 4) is 12.3 Å². The van der Waals surface area contributed by atoms with Crippen LogP contribution in [0.2, 0.25) is 0 Å². The van der Waals surface area contributed by atoms with Crippen molar-refractivity contribution in [1.82, 2.24) is 0 Å². The van der Waals surface area contributed by atoms with E-state index in [4.69, 9.17) is 11.2 Å². The minimum Gasteiger partial charge on any atom is -0.364 e. The smallest absolute Gasteiger partial charge is 0.364 e. The molecule has 0 radical (unpaired) electrons. The van der Waals surface area contributed by atoms with Crippen molar-refractivity contribution in [3.63, 3.8) is 0 Å². The second kappa shape index (κ2) is 14.6. The molecule has 0 aliphatic carbocycles. The molecule has 0 atom stereocenters. The second-order valence-corrected chi connectivity index (χ2v) is 8.74. The molecule has 0 saturated carbocycles. The third kappa shape index (κ3) is 8.31. The summed E-state index contributed by atoms with van der Waals surface area (Å²) in [6, 6.07) is 42.3. The maximum Gasteiger partial charge on any atom is 1.00 e. The zero-order valence-corrected chi connectivity index (χ0v) is 20.3. The molecule has 0 spiro atoms. The molecule has 0 fully saturated rings. The zero-order chi connectivity index (χ0) is 20.9. The Bertz CT molecular complexity index is 922. The van der Waals surface area contributed by atoms with Gasteiger partial charge in [-0.3, -0.25) is 0 Å². The number of terminal acetylenes is 1. The van der Waals surface area contributed by atoms with E-state index in [-0.39, 0.29) is 22.4 Å². The summed E-state index contributed by atoms with van der Waals surface area (Å²) in [7, 11) is -0.446. The third-order valence-electron chi connectivity index (χ3n) is 4.34. The maximum atomic E-state index is 5.13. The van der Waals surface area contributed by atoms with Crippen molar-refractivity contribution >= 4 is 23.8 Å². The van der Waals surface area contributed by atoms with Crippen LogP contribution < -0.4 is 15.9 Å². The molecule has 0 aromatic heterocycles. The van der Waals surface area contributed by atoms with E-state index < -0.39 is 7.92 Å². The van der Waals surface area contributed by atoms with Gasteiger partial charge in [0, 0.05) is 0 Å². The molecule has 0 unspecified atom stereocenters. The maximum absolute atomic E-state index is 5.13. The Kier molecular flexibility index (Phi) is 11.7. The van der Waals surface area contributed by atoms with E-state index in [1.54, 1.807) is 0 Å². The molecule has 31 heavy (non-hydrogen) atoms. The first-order chi connectivity index (χ1) is 14.9. The SMILES string of the molecule is C#CCOCc1ccccc1.[Au+].c1ccc(P(c2ccccc2)c2ccccc2)cc1. The molecule has 4 aromatic rings. The van der Waals surface area contributed by atoms with E-state index in [2.05, 4.69) is 96.9 Å². The van der Waals surface area contributed by atoms with Crippen LogP contribution in [-0.2, 0) is 33.7 Å². The zero-order valence-electron chi connectivity index (χ0n) is 17.2. The van der Waals surface area contributed by atoms with E-state index in [0.29, 0.717) is 13.2 Å².